The molecule has 0 spiro atoms. The number of amides is 2. The molecule has 2 heterocycles. The molecule has 0 aliphatic carbocycles. The number of piperazine rings is 1. The molecule has 1 aromatic heterocycles. The Bertz CT molecular complexity index is 1560. The van der Waals surface area contributed by atoms with Gasteiger partial charge in [-0.15, -0.1) is 10.2 Å². The second kappa shape index (κ2) is 13.0. The minimum absolute atomic E-state index is 0.0208. The normalized spacial score (nSPS) is 14.9. The van der Waals surface area contributed by atoms with Crippen molar-refractivity contribution in [2.24, 2.45) is 0 Å². The highest BCUT2D eigenvalue weighted by atomic mass is 32.2. The van der Waals surface area contributed by atoms with Crippen molar-refractivity contribution >= 4 is 23.6 Å². The first kappa shape index (κ1) is 29.0. The van der Waals surface area contributed by atoms with Gasteiger partial charge in [0.1, 0.15) is 17.2 Å². The molecule has 5 rings (SSSR count). The van der Waals surface area contributed by atoms with Gasteiger partial charge in [0.05, 0.1) is 27.1 Å². The highest BCUT2D eigenvalue weighted by Gasteiger charge is 2.31. The van der Waals surface area contributed by atoms with Crippen LogP contribution in [0.15, 0.2) is 78.0 Å². The Morgan fingerprint density at radius 2 is 1.55 bits per heavy atom. The lowest BCUT2D eigenvalue weighted by Gasteiger charge is -2.40. The second-order valence-electron chi connectivity index (χ2n) is 9.78. The van der Waals surface area contributed by atoms with Gasteiger partial charge >= 0.3 is 0 Å². The molecule has 1 unspecified atom stereocenters. The third-order valence-electron chi connectivity index (χ3n) is 7.17. The van der Waals surface area contributed by atoms with E-state index in [1.54, 1.807) is 39.5 Å². The van der Waals surface area contributed by atoms with Crippen molar-refractivity contribution in [1.82, 2.24) is 24.6 Å². The third kappa shape index (κ3) is 6.20. The van der Waals surface area contributed by atoms with E-state index in [1.165, 1.54) is 11.8 Å². The first-order valence-corrected chi connectivity index (χ1v) is 14.5. The summed E-state index contributed by atoms with van der Waals surface area (Å²) < 4.78 is 17.9. The van der Waals surface area contributed by atoms with Crippen molar-refractivity contribution in [2.45, 2.75) is 18.1 Å². The Labute approximate surface area is 249 Å². The van der Waals surface area contributed by atoms with Crippen LogP contribution in [-0.2, 0) is 4.79 Å². The Morgan fingerprint density at radius 3 is 2.24 bits per heavy atom. The zero-order valence-corrected chi connectivity index (χ0v) is 24.8. The van der Waals surface area contributed by atoms with Crippen LogP contribution in [0, 0.1) is 0 Å². The Kier molecular flexibility index (Phi) is 8.97. The predicted octanol–water partition coefficient (Wildman–Crippen LogP) is 4.43. The maximum Gasteiger partial charge on any atom is 0.254 e. The van der Waals surface area contributed by atoms with Crippen LogP contribution >= 0.6 is 11.8 Å². The number of methoxy groups -OCH3 is 3. The fraction of sp³-hybridized carbons (Fsp3) is 0.290. The highest BCUT2D eigenvalue weighted by Crippen LogP contribution is 2.31. The van der Waals surface area contributed by atoms with Gasteiger partial charge in [0.2, 0.25) is 5.91 Å². The molecule has 1 saturated heterocycles. The minimum Gasteiger partial charge on any atom is -0.497 e. The van der Waals surface area contributed by atoms with Crippen molar-refractivity contribution in [3.05, 3.63) is 78.4 Å². The molecule has 0 bridgehead atoms. The monoisotopic (exact) mass is 587 g/mol. The van der Waals surface area contributed by atoms with Crippen LogP contribution < -0.4 is 14.2 Å². The third-order valence-corrected chi connectivity index (χ3v) is 8.09. The molecular formula is C31H33N5O5S. The lowest BCUT2D eigenvalue weighted by molar-refractivity contribution is -0.130. The lowest BCUT2D eigenvalue weighted by Crippen LogP contribution is -2.55. The molecule has 1 aliphatic rings. The summed E-state index contributed by atoms with van der Waals surface area (Å²) in [6.07, 6.45) is 0. The smallest absolute Gasteiger partial charge is 0.254 e. The largest absolute Gasteiger partial charge is 0.497 e. The molecule has 0 saturated carbocycles. The van der Waals surface area contributed by atoms with Crippen LogP contribution in [-0.4, -0.2) is 89.1 Å². The standard InChI is InChI=1S/C31H33N5O5S/c1-21-19-34(15-16-35(21)30(38)23-8-6-10-27(18-23)41-4)28(37)20-42-31-33-32-29(22-7-5-9-26(17-22)40-3)36(31)24-11-13-25(39-2)14-12-24/h5-14,17-18,21H,15-16,19-20H2,1-4H3. The van der Waals surface area contributed by atoms with E-state index < -0.39 is 0 Å². The molecule has 0 N–H and O–H groups in total. The second-order valence-corrected chi connectivity index (χ2v) is 10.7. The predicted molar refractivity (Wildman–Crippen MR) is 161 cm³/mol. The fourth-order valence-electron chi connectivity index (χ4n) is 4.90. The number of nitrogens with zero attached hydrogens (tertiary/aromatic N) is 5. The maximum atomic E-state index is 13.3. The van der Waals surface area contributed by atoms with E-state index in [0.717, 1.165) is 17.0 Å². The van der Waals surface area contributed by atoms with E-state index >= 15 is 0 Å². The summed E-state index contributed by atoms with van der Waals surface area (Å²) in [6.45, 7) is 3.33. The van der Waals surface area contributed by atoms with Gasteiger partial charge in [-0.2, -0.15) is 0 Å². The lowest BCUT2D eigenvalue weighted by atomic mass is 10.1. The van der Waals surface area contributed by atoms with Crippen LogP contribution in [0.4, 0.5) is 0 Å². The molecule has 4 aromatic rings. The van der Waals surface area contributed by atoms with Crippen molar-refractivity contribution < 1.29 is 23.8 Å². The Morgan fingerprint density at radius 1 is 0.857 bits per heavy atom. The number of carbonyl (C=O) groups is 2. The molecule has 11 heteroatoms. The Balaban J connectivity index is 1.30. The topological polar surface area (TPSA) is 99.0 Å². The molecule has 1 atom stereocenters. The van der Waals surface area contributed by atoms with Gasteiger partial charge in [-0.1, -0.05) is 30.0 Å². The summed E-state index contributed by atoms with van der Waals surface area (Å²) >= 11 is 1.33. The first-order valence-electron chi connectivity index (χ1n) is 13.5. The first-order chi connectivity index (χ1) is 20.4. The van der Waals surface area contributed by atoms with Crippen LogP contribution in [0.1, 0.15) is 17.3 Å². The van der Waals surface area contributed by atoms with Gasteiger partial charge in [0, 0.05) is 42.5 Å². The van der Waals surface area contributed by atoms with E-state index in [4.69, 9.17) is 14.2 Å². The summed E-state index contributed by atoms with van der Waals surface area (Å²) in [6, 6.07) is 22.2. The Hall–Kier alpha value is -4.51. The van der Waals surface area contributed by atoms with Crippen molar-refractivity contribution in [2.75, 3.05) is 46.7 Å². The molecule has 3 aromatic carbocycles. The number of thioether (sulfide) groups is 1. The zero-order chi connectivity index (χ0) is 29.6. The fourth-order valence-corrected chi connectivity index (χ4v) is 5.76. The quantitative estimate of drug-likeness (QED) is 0.266. The van der Waals surface area contributed by atoms with Gasteiger partial charge in [-0.05, 0) is 61.5 Å². The van der Waals surface area contributed by atoms with Gasteiger partial charge in [-0.25, -0.2) is 0 Å². The van der Waals surface area contributed by atoms with Crippen LogP contribution in [0.5, 0.6) is 17.2 Å². The van der Waals surface area contributed by atoms with Gasteiger partial charge in [-0.3, -0.25) is 14.2 Å². The summed E-state index contributed by atoms with van der Waals surface area (Å²) in [5.74, 6) is 2.80. The molecule has 10 nitrogen and oxygen atoms in total. The van der Waals surface area contributed by atoms with Crippen LogP contribution in [0.25, 0.3) is 17.1 Å². The van der Waals surface area contributed by atoms with E-state index in [9.17, 15) is 9.59 Å². The van der Waals surface area contributed by atoms with E-state index in [0.29, 0.717) is 47.7 Å². The maximum absolute atomic E-state index is 13.3. The number of benzene rings is 3. The number of hydrogen-bond acceptors (Lipinski definition) is 8. The summed E-state index contributed by atoms with van der Waals surface area (Å²) in [5, 5.41) is 9.52. The average Bonchev–Trinajstić information content (AvgIpc) is 3.47. The average molecular weight is 588 g/mol. The zero-order valence-electron chi connectivity index (χ0n) is 24.0. The summed E-state index contributed by atoms with van der Waals surface area (Å²) in [4.78, 5) is 30.1. The number of rotatable bonds is 9. The van der Waals surface area contributed by atoms with E-state index in [2.05, 4.69) is 10.2 Å². The summed E-state index contributed by atoms with van der Waals surface area (Å²) in [5.41, 5.74) is 2.24. The molecule has 1 aliphatic heterocycles. The molecule has 1 fully saturated rings. The molecular weight excluding hydrogens is 554 g/mol. The highest BCUT2D eigenvalue weighted by molar-refractivity contribution is 7.99. The SMILES string of the molecule is COc1ccc(-n2c(SCC(=O)N3CCN(C(=O)c4cccc(OC)c4)C(C)C3)nnc2-c2cccc(OC)c2)cc1. The van der Waals surface area contributed by atoms with Gasteiger partial charge in [0.15, 0.2) is 11.0 Å². The van der Waals surface area contributed by atoms with Crippen LogP contribution in [0.2, 0.25) is 0 Å². The van der Waals surface area contributed by atoms with Crippen molar-refractivity contribution in [3.8, 4) is 34.3 Å². The van der Waals surface area contributed by atoms with Crippen LogP contribution in [0.3, 0.4) is 0 Å². The number of hydrogen-bond donors (Lipinski definition) is 0. The van der Waals surface area contributed by atoms with E-state index in [1.807, 2.05) is 75.9 Å². The molecule has 42 heavy (non-hydrogen) atoms. The van der Waals surface area contributed by atoms with E-state index in [-0.39, 0.29) is 23.6 Å². The molecule has 0 radical (unpaired) electrons. The van der Waals surface area contributed by atoms with Crippen molar-refractivity contribution in [3.63, 3.8) is 0 Å². The number of aromatic nitrogens is 3. The number of ether oxygens (including phenoxy) is 3. The summed E-state index contributed by atoms with van der Waals surface area (Å²) in [7, 11) is 4.82. The molecule has 2 amide bonds. The van der Waals surface area contributed by atoms with Gasteiger partial charge in [0.25, 0.3) is 5.91 Å². The van der Waals surface area contributed by atoms with Gasteiger partial charge < -0.3 is 24.0 Å². The van der Waals surface area contributed by atoms with Crippen molar-refractivity contribution in [1.29, 1.82) is 0 Å². The minimum atomic E-state index is -0.131. The number of carbonyl (C=O) groups excluding carboxylic acids is 2. The molecule has 218 valence electrons.